The normalized spacial score (nSPS) is 10.3. The second kappa shape index (κ2) is 6.40. The molecule has 0 aliphatic carbocycles. The molecule has 0 unspecified atom stereocenters. The SMILES string of the molecule is CCCNc1cncc(NCc2cscc2C)c1. The Balaban J connectivity index is 1.95. The summed E-state index contributed by atoms with van der Waals surface area (Å²) in [4.78, 5) is 4.24. The highest BCUT2D eigenvalue weighted by atomic mass is 32.1. The molecule has 2 N–H and O–H groups in total. The monoisotopic (exact) mass is 261 g/mol. The van der Waals surface area contributed by atoms with Gasteiger partial charge in [0.05, 0.1) is 23.8 Å². The molecule has 96 valence electrons. The number of rotatable bonds is 6. The third kappa shape index (κ3) is 3.47. The van der Waals surface area contributed by atoms with E-state index in [4.69, 9.17) is 0 Å². The minimum atomic E-state index is 0.855. The first-order chi connectivity index (χ1) is 8.79. The van der Waals surface area contributed by atoms with Crippen molar-refractivity contribution in [3.63, 3.8) is 0 Å². The number of hydrogen-bond donors (Lipinski definition) is 2. The zero-order chi connectivity index (χ0) is 12.8. The summed E-state index contributed by atoms with van der Waals surface area (Å²) in [6.07, 6.45) is 4.83. The van der Waals surface area contributed by atoms with E-state index in [2.05, 4.69) is 46.3 Å². The van der Waals surface area contributed by atoms with E-state index in [1.165, 1.54) is 11.1 Å². The topological polar surface area (TPSA) is 37.0 Å². The number of anilines is 2. The Morgan fingerprint density at radius 1 is 1.17 bits per heavy atom. The zero-order valence-electron chi connectivity index (χ0n) is 10.9. The number of hydrogen-bond acceptors (Lipinski definition) is 4. The van der Waals surface area contributed by atoms with Gasteiger partial charge < -0.3 is 10.6 Å². The van der Waals surface area contributed by atoms with Crippen molar-refractivity contribution in [2.75, 3.05) is 17.2 Å². The number of nitrogens with one attached hydrogen (secondary N) is 2. The molecule has 18 heavy (non-hydrogen) atoms. The molecule has 2 aromatic rings. The van der Waals surface area contributed by atoms with Crippen LogP contribution in [0.2, 0.25) is 0 Å². The second-order valence-electron chi connectivity index (χ2n) is 4.32. The highest BCUT2D eigenvalue weighted by Crippen LogP contribution is 2.17. The molecule has 0 aromatic carbocycles. The van der Waals surface area contributed by atoms with Gasteiger partial charge in [0.2, 0.25) is 0 Å². The van der Waals surface area contributed by atoms with Gasteiger partial charge in [0.1, 0.15) is 0 Å². The van der Waals surface area contributed by atoms with Gasteiger partial charge in [-0.15, -0.1) is 0 Å². The maximum atomic E-state index is 4.24. The fraction of sp³-hybridized carbons (Fsp3) is 0.357. The number of aryl methyl sites for hydroxylation is 1. The largest absolute Gasteiger partial charge is 0.384 e. The summed E-state index contributed by atoms with van der Waals surface area (Å²) in [7, 11) is 0. The predicted molar refractivity (Wildman–Crippen MR) is 79.4 cm³/mol. The Hall–Kier alpha value is -1.55. The van der Waals surface area contributed by atoms with Gasteiger partial charge in [-0.25, -0.2) is 0 Å². The Kier molecular flexibility index (Phi) is 4.59. The van der Waals surface area contributed by atoms with Crippen LogP contribution in [0.4, 0.5) is 11.4 Å². The summed E-state index contributed by atoms with van der Waals surface area (Å²) in [5, 5.41) is 11.1. The van der Waals surface area contributed by atoms with E-state index < -0.39 is 0 Å². The van der Waals surface area contributed by atoms with Gasteiger partial charge in [-0.3, -0.25) is 4.98 Å². The lowest BCUT2D eigenvalue weighted by Crippen LogP contribution is -2.03. The quantitative estimate of drug-likeness (QED) is 0.828. The zero-order valence-corrected chi connectivity index (χ0v) is 11.7. The molecule has 0 aliphatic heterocycles. The first-order valence-electron chi connectivity index (χ1n) is 6.24. The van der Waals surface area contributed by atoms with Crippen molar-refractivity contribution >= 4 is 22.7 Å². The summed E-state index contributed by atoms with van der Waals surface area (Å²) in [6.45, 7) is 6.13. The fourth-order valence-corrected chi connectivity index (χ4v) is 2.52. The van der Waals surface area contributed by atoms with Crippen molar-refractivity contribution in [2.45, 2.75) is 26.8 Å². The molecule has 0 spiro atoms. The molecule has 0 atom stereocenters. The van der Waals surface area contributed by atoms with E-state index >= 15 is 0 Å². The molecule has 2 aromatic heterocycles. The van der Waals surface area contributed by atoms with E-state index in [1.807, 2.05) is 12.4 Å². The Morgan fingerprint density at radius 2 is 1.94 bits per heavy atom. The Morgan fingerprint density at radius 3 is 2.61 bits per heavy atom. The Bertz CT molecular complexity index is 493. The van der Waals surface area contributed by atoms with Crippen LogP contribution in [0.15, 0.2) is 29.2 Å². The van der Waals surface area contributed by atoms with E-state index in [1.54, 1.807) is 11.3 Å². The third-order valence-electron chi connectivity index (χ3n) is 2.76. The van der Waals surface area contributed by atoms with Gasteiger partial charge in [0.25, 0.3) is 0 Å². The van der Waals surface area contributed by atoms with Crippen LogP contribution in [-0.4, -0.2) is 11.5 Å². The van der Waals surface area contributed by atoms with E-state index in [-0.39, 0.29) is 0 Å². The average Bonchev–Trinajstić information content (AvgIpc) is 2.80. The first-order valence-corrected chi connectivity index (χ1v) is 7.18. The first kappa shape index (κ1) is 12.9. The van der Waals surface area contributed by atoms with E-state index in [0.717, 1.165) is 30.9 Å². The van der Waals surface area contributed by atoms with Crippen molar-refractivity contribution in [3.8, 4) is 0 Å². The summed E-state index contributed by atoms with van der Waals surface area (Å²) < 4.78 is 0. The third-order valence-corrected chi connectivity index (χ3v) is 3.67. The van der Waals surface area contributed by atoms with Crippen LogP contribution < -0.4 is 10.6 Å². The number of aromatic nitrogens is 1. The van der Waals surface area contributed by atoms with E-state index in [0.29, 0.717) is 0 Å². The molecule has 4 heteroatoms. The van der Waals surface area contributed by atoms with Crippen LogP contribution in [-0.2, 0) is 6.54 Å². The summed E-state index contributed by atoms with van der Waals surface area (Å²) in [5.74, 6) is 0. The van der Waals surface area contributed by atoms with Gasteiger partial charge in [0.15, 0.2) is 0 Å². The predicted octanol–water partition coefficient (Wildman–Crippen LogP) is 3.89. The molecule has 2 heterocycles. The van der Waals surface area contributed by atoms with Gasteiger partial charge >= 0.3 is 0 Å². The van der Waals surface area contributed by atoms with E-state index in [9.17, 15) is 0 Å². The molecule has 0 bridgehead atoms. The van der Waals surface area contributed by atoms with Gasteiger partial charge in [-0.2, -0.15) is 11.3 Å². The minimum absolute atomic E-state index is 0.855. The smallest absolute Gasteiger partial charge is 0.0550 e. The summed E-state index contributed by atoms with van der Waals surface area (Å²) >= 11 is 1.75. The lowest BCUT2D eigenvalue weighted by molar-refractivity contribution is 0.977. The lowest BCUT2D eigenvalue weighted by Gasteiger charge is -2.09. The van der Waals surface area contributed by atoms with Gasteiger partial charge in [-0.1, -0.05) is 6.92 Å². The second-order valence-corrected chi connectivity index (χ2v) is 5.07. The van der Waals surface area contributed by atoms with Crippen molar-refractivity contribution in [1.29, 1.82) is 0 Å². The molecule has 2 rings (SSSR count). The summed E-state index contributed by atoms with van der Waals surface area (Å²) in [5.41, 5.74) is 4.83. The molecule has 0 saturated heterocycles. The lowest BCUT2D eigenvalue weighted by atomic mass is 10.2. The van der Waals surface area contributed by atoms with Crippen LogP contribution in [0.25, 0.3) is 0 Å². The average molecular weight is 261 g/mol. The van der Waals surface area contributed by atoms with Gasteiger partial charge in [-0.05, 0) is 41.3 Å². The van der Waals surface area contributed by atoms with Crippen LogP contribution in [0, 0.1) is 6.92 Å². The molecule has 0 radical (unpaired) electrons. The number of pyridine rings is 1. The van der Waals surface area contributed by atoms with Crippen LogP contribution >= 0.6 is 11.3 Å². The standard InChI is InChI=1S/C14H19N3S/c1-3-4-16-13-5-14(8-15-7-13)17-6-12-10-18-9-11(12)2/h5,7-10,16-17H,3-4,6H2,1-2H3. The van der Waals surface area contributed by atoms with Crippen LogP contribution in [0.3, 0.4) is 0 Å². The fourth-order valence-electron chi connectivity index (χ4n) is 1.67. The van der Waals surface area contributed by atoms with Gasteiger partial charge in [0, 0.05) is 13.1 Å². The molecule has 0 fully saturated rings. The molecule has 0 amide bonds. The molecule has 0 saturated carbocycles. The molecular formula is C14H19N3S. The maximum absolute atomic E-state index is 4.24. The molecule has 3 nitrogen and oxygen atoms in total. The highest BCUT2D eigenvalue weighted by Gasteiger charge is 2.00. The van der Waals surface area contributed by atoms with Crippen LogP contribution in [0.5, 0.6) is 0 Å². The number of thiophene rings is 1. The van der Waals surface area contributed by atoms with Crippen molar-refractivity contribution < 1.29 is 0 Å². The summed E-state index contributed by atoms with van der Waals surface area (Å²) in [6, 6.07) is 2.10. The van der Waals surface area contributed by atoms with Crippen molar-refractivity contribution in [1.82, 2.24) is 4.98 Å². The molecular weight excluding hydrogens is 242 g/mol. The number of nitrogens with zero attached hydrogens (tertiary/aromatic N) is 1. The minimum Gasteiger partial charge on any atom is -0.384 e. The maximum Gasteiger partial charge on any atom is 0.0550 e. The highest BCUT2D eigenvalue weighted by molar-refractivity contribution is 7.08. The van der Waals surface area contributed by atoms with Crippen molar-refractivity contribution in [3.05, 3.63) is 40.3 Å². The Labute approximate surface area is 112 Å². The van der Waals surface area contributed by atoms with Crippen molar-refractivity contribution in [2.24, 2.45) is 0 Å². The molecule has 0 aliphatic rings. The van der Waals surface area contributed by atoms with Crippen LogP contribution in [0.1, 0.15) is 24.5 Å².